The van der Waals surface area contributed by atoms with Crippen LogP contribution in [-0.2, 0) is 10.3 Å². The summed E-state index contributed by atoms with van der Waals surface area (Å²) in [5, 5.41) is 7.37. The number of hydrogen-bond donors (Lipinski definition) is 1. The van der Waals surface area contributed by atoms with E-state index in [4.69, 9.17) is 0 Å². The molecule has 0 aliphatic heterocycles. The minimum absolute atomic E-state index is 0.299. The number of nitrogens with zero attached hydrogens (tertiary/aromatic N) is 2. The zero-order chi connectivity index (χ0) is 19.6. The number of hydrogen-bond acceptors (Lipinski definition) is 3. The summed E-state index contributed by atoms with van der Waals surface area (Å²) >= 11 is 0. The van der Waals surface area contributed by atoms with Crippen LogP contribution in [0.4, 0.5) is 5.69 Å². The third kappa shape index (κ3) is 3.97. The maximum atomic E-state index is 12.9. The van der Waals surface area contributed by atoms with Crippen molar-refractivity contribution in [3.05, 3.63) is 82.1 Å². The number of aryl methyl sites for hydroxylation is 2. The van der Waals surface area contributed by atoms with Gasteiger partial charge < -0.3 is 5.32 Å². The lowest BCUT2D eigenvalue weighted by atomic mass is 10.0. The Morgan fingerprint density at radius 2 is 1.59 bits per heavy atom. The van der Waals surface area contributed by atoms with Gasteiger partial charge in [0.15, 0.2) is 0 Å². The summed E-state index contributed by atoms with van der Waals surface area (Å²) < 4.78 is 1.24. The van der Waals surface area contributed by atoms with E-state index in [0.29, 0.717) is 11.4 Å². The molecule has 1 aromatic heterocycles. The Kier molecular flexibility index (Phi) is 4.95. The van der Waals surface area contributed by atoms with Gasteiger partial charge in [-0.15, -0.1) is 0 Å². The van der Waals surface area contributed by atoms with Gasteiger partial charge in [-0.25, -0.2) is 4.68 Å². The number of anilines is 1. The molecule has 138 valence electrons. The van der Waals surface area contributed by atoms with Crippen LogP contribution in [0.3, 0.4) is 0 Å². The summed E-state index contributed by atoms with van der Waals surface area (Å²) in [4.78, 5) is 25.4. The molecule has 0 fully saturated rings. The van der Waals surface area contributed by atoms with Crippen LogP contribution >= 0.6 is 0 Å². The van der Waals surface area contributed by atoms with Crippen molar-refractivity contribution in [3.8, 4) is 11.3 Å². The Morgan fingerprint density at radius 3 is 2.22 bits per heavy atom. The summed E-state index contributed by atoms with van der Waals surface area (Å²) in [6, 6.07) is 18.5. The number of carbonyl (C=O) groups excluding carboxylic acids is 1. The van der Waals surface area contributed by atoms with Crippen LogP contribution in [-0.4, -0.2) is 15.7 Å². The van der Waals surface area contributed by atoms with Gasteiger partial charge in [0.05, 0.1) is 5.69 Å². The van der Waals surface area contributed by atoms with Crippen molar-refractivity contribution >= 4 is 11.6 Å². The zero-order valence-electron chi connectivity index (χ0n) is 16.0. The van der Waals surface area contributed by atoms with E-state index in [1.54, 1.807) is 19.9 Å². The maximum Gasteiger partial charge on any atom is 0.267 e. The van der Waals surface area contributed by atoms with Gasteiger partial charge in [-0.1, -0.05) is 36.4 Å². The van der Waals surface area contributed by atoms with Crippen molar-refractivity contribution in [2.75, 3.05) is 5.32 Å². The Balaban J connectivity index is 1.96. The van der Waals surface area contributed by atoms with Crippen LogP contribution in [0.2, 0.25) is 0 Å². The minimum Gasteiger partial charge on any atom is -0.324 e. The zero-order valence-corrected chi connectivity index (χ0v) is 16.0. The van der Waals surface area contributed by atoms with Crippen LogP contribution in [0.1, 0.15) is 25.0 Å². The number of nitrogens with one attached hydrogen (secondary N) is 1. The van der Waals surface area contributed by atoms with Gasteiger partial charge >= 0.3 is 0 Å². The average molecular weight is 361 g/mol. The van der Waals surface area contributed by atoms with Crippen molar-refractivity contribution in [3.63, 3.8) is 0 Å². The topological polar surface area (TPSA) is 64.0 Å². The second kappa shape index (κ2) is 7.19. The molecule has 0 aliphatic carbocycles. The molecule has 0 atom stereocenters. The summed E-state index contributed by atoms with van der Waals surface area (Å²) in [5.41, 5.74) is 2.88. The number of aromatic nitrogens is 2. The van der Waals surface area contributed by atoms with E-state index in [9.17, 15) is 9.59 Å². The van der Waals surface area contributed by atoms with E-state index in [0.717, 1.165) is 16.7 Å². The molecule has 0 spiro atoms. The standard InChI is InChI=1S/C22H23N3O2/c1-15-12-16(2)14-18(13-15)23-21(27)22(3,4)25-20(26)11-10-19(24-25)17-8-6-5-7-9-17/h5-14H,1-4H3,(H,23,27). The van der Waals surface area contributed by atoms with E-state index in [2.05, 4.69) is 10.4 Å². The van der Waals surface area contributed by atoms with Gasteiger partial charge in [0.2, 0.25) is 0 Å². The first-order chi connectivity index (χ1) is 12.8. The van der Waals surface area contributed by atoms with Crippen molar-refractivity contribution < 1.29 is 4.79 Å². The Labute approximate surface area is 158 Å². The molecule has 2 aromatic carbocycles. The molecule has 3 rings (SSSR count). The van der Waals surface area contributed by atoms with Crippen LogP contribution in [0.5, 0.6) is 0 Å². The minimum atomic E-state index is -1.15. The fourth-order valence-electron chi connectivity index (χ4n) is 3.00. The monoisotopic (exact) mass is 361 g/mol. The molecular weight excluding hydrogens is 338 g/mol. The second-order valence-corrected chi connectivity index (χ2v) is 7.22. The first kappa shape index (κ1) is 18.6. The molecule has 1 N–H and O–H groups in total. The average Bonchev–Trinajstić information content (AvgIpc) is 2.61. The lowest BCUT2D eigenvalue weighted by Crippen LogP contribution is -2.47. The van der Waals surface area contributed by atoms with Crippen LogP contribution < -0.4 is 10.9 Å². The van der Waals surface area contributed by atoms with E-state index in [1.165, 1.54) is 10.7 Å². The predicted molar refractivity (Wildman–Crippen MR) is 108 cm³/mol. The van der Waals surface area contributed by atoms with Gasteiger partial charge in [0, 0.05) is 17.3 Å². The largest absolute Gasteiger partial charge is 0.324 e. The highest BCUT2D eigenvalue weighted by atomic mass is 16.2. The van der Waals surface area contributed by atoms with Gasteiger partial charge in [0.1, 0.15) is 5.54 Å². The first-order valence-electron chi connectivity index (χ1n) is 8.83. The molecule has 5 nitrogen and oxygen atoms in total. The smallest absolute Gasteiger partial charge is 0.267 e. The predicted octanol–water partition coefficient (Wildman–Crippen LogP) is 3.90. The maximum absolute atomic E-state index is 12.9. The van der Waals surface area contributed by atoms with E-state index >= 15 is 0 Å². The number of benzene rings is 2. The van der Waals surface area contributed by atoms with Gasteiger partial charge in [-0.2, -0.15) is 5.10 Å². The summed E-state index contributed by atoms with van der Waals surface area (Å²) in [6.45, 7) is 7.33. The number of carbonyl (C=O) groups is 1. The highest BCUT2D eigenvalue weighted by Crippen LogP contribution is 2.20. The highest BCUT2D eigenvalue weighted by molar-refractivity contribution is 5.96. The molecular formula is C22H23N3O2. The quantitative estimate of drug-likeness (QED) is 0.766. The summed E-state index contributed by atoms with van der Waals surface area (Å²) in [7, 11) is 0. The van der Waals surface area contributed by atoms with E-state index < -0.39 is 5.54 Å². The fourth-order valence-corrected chi connectivity index (χ4v) is 3.00. The van der Waals surface area contributed by atoms with Crippen LogP contribution in [0.15, 0.2) is 65.5 Å². The van der Waals surface area contributed by atoms with Crippen LogP contribution in [0, 0.1) is 13.8 Å². The molecule has 3 aromatic rings. The molecule has 27 heavy (non-hydrogen) atoms. The van der Waals surface area contributed by atoms with Crippen molar-refractivity contribution in [1.82, 2.24) is 9.78 Å². The molecule has 0 saturated carbocycles. The fraction of sp³-hybridized carbons (Fsp3) is 0.227. The normalized spacial score (nSPS) is 11.3. The summed E-state index contributed by atoms with van der Waals surface area (Å²) in [5.74, 6) is -0.299. The van der Waals surface area contributed by atoms with Crippen molar-refractivity contribution in [2.45, 2.75) is 33.2 Å². The third-order valence-corrected chi connectivity index (χ3v) is 4.43. The molecule has 0 aliphatic rings. The van der Waals surface area contributed by atoms with Crippen LogP contribution in [0.25, 0.3) is 11.3 Å². The molecule has 1 heterocycles. The van der Waals surface area contributed by atoms with Crippen molar-refractivity contribution in [2.24, 2.45) is 0 Å². The Hall–Kier alpha value is -3.21. The molecule has 5 heteroatoms. The molecule has 0 saturated heterocycles. The molecule has 1 amide bonds. The summed E-state index contributed by atoms with van der Waals surface area (Å²) in [6.07, 6.45) is 0. The first-order valence-corrected chi connectivity index (χ1v) is 8.83. The molecule has 0 bridgehead atoms. The lowest BCUT2D eigenvalue weighted by molar-refractivity contribution is -0.123. The number of rotatable bonds is 4. The second-order valence-electron chi connectivity index (χ2n) is 7.22. The van der Waals surface area contributed by atoms with Gasteiger partial charge in [-0.3, -0.25) is 9.59 Å². The van der Waals surface area contributed by atoms with E-state index in [-0.39, 0.29) is 11.5 Å². The Morgan fingerprint density at radius 1 is 0.963 bits per heavy atom. The van der Waals surface area contributed by atoms with Gasteiger partial charge in [0.25, 0.3) is 11.5 Å². The molecule has 0 unspecified atom stereocenters. The Bertz CT molecular complexity index is 1020. The number of amides is 1. The third-order valence-electron chi connectivity index (χ3n) is 4.43. The molecule has 0 radical (unpaired) electrons. The van der Waals surface area contributed by atoms with E-state index in [1.807, 2.05) is 62.4 Å². The van der Waals surface area contributed by atoms with Gasteiger partial charge in [-0.05, 0) is 57.0 Å². The highest BCUT2D eigenvalue weighted by Gasteiger charge is 2.32. The van der Waals surface area contributed by atoms with Crippen molar-refractivity contribution in [1.29, 1.82) is 0 Å². The lowest BCUT2D eigenvalue weighted by Gasteiger charge is -2.25. The SMILES string of the molecule is Cc1cc(C)cc(NC(=O)C(C)(C)n2nc(-c3ccccc3)ccc2=O)c1.